The molecule has 0 atom stereocenters. The summed E-state index contributed by atoms with van der Waals surface area (Å²) in [5, 5.41) is 22.2. The highest BCUT2D eigenvalue weighted by molar-refractivity contribution is 5.96. The summed E-state index contributed by atoms with van der Waals surface area (Å²) in [5.74, 6) is -0.107. The lowest BCUT2D eigenvalue weighted by atomic mass is 10.2. The summed E-state index contributed by atoms with van der Waals surface area (Å²) in [5.41, 5.74) is 1.14. The van der Waals surface area contributed by atoms with Crippen molar-refractivity contribution in [3.63, 3.8) is 0 Å². The zero-order valence-electron chi connectivity index (χ0n) is 17.8. The fraction of sp³-hybridized carbons (Fsp3) is 0.250. The van der Waals surface area contributed by atoms with Crippen LogP contribution in [-0.4, -0.2) is 53.6 Å². The molecule has 0 radical (unpaired) electrons. The Kier molecular flexibility index (Phi) is 5.85. The third kappa shape index (κ3) is 4.42. The lowest BCUT2D eigenvalue weighted by Gasteiger charge is -2.07. The van der Waals surface area contributed by atoms with Crippen LogP contribution in [0.15, 0.2) is 47.8 Å². The lowest BCUT2D eigenvalue weighted by molar-refractivity contribution is -0.384. The molecule has 1 aromatic carbocycles. The van der Waals surface area contributed by atoms with Crippen LogP contribution in [-0.2, 0) is 20.1 Å². The quantitative estimate of drug-likeness (QED) is 0.303. The van der Waals surface area contributed by atoms with Gasteiger partial charge in [-0.15, -0.1) is 5.10 Å². The third-order valence-electron chi connectivity index (χ3n) is 4.96. The second-order valence-electron chi connectivity index (χ2n) is 7.19. The zero-order valence-corrected chi connectivity index (χ0v) is 17.8. The predicted molar refractivity (Wildman–Crippen MR) is 116 cm³/mol. The van der Waals surface area contributed by atoms with Crippen molar-refractivity contribution in [1.82, 2.24) is 34.4 Å². The molecule has 1 N–H and O–H groups in total. The molecule has 4 aromatic rings. The van der Waals surface area contributed by atoms with E-state index in [2.05, 4.69) is 20.5 Å². The van der Waals surface area contributed by atoms with E-state index in [1.807, 2.05) is 0 Å². The van der Waals surface area contributed by atoms with Crippen LogP contribution in [0.5, 0.6) is 5.88 Å². The standard InChI is InChI=1S/C20H20N8O5/c1-25-11-16(19(24-25)33-2)18(29)21-7-8-27-17-15(9-23-27)20(30)26(12-22-17)10-13-3-5-14(6-4-13)28(31)32/h3-6,9,11-12H,7-8,10H2,1-2H3,(H,21,29). The van der Waals surface area contributed by atoms with Crippen LogP contribution in [0.2, 0.25) is 0 Å². The van der Waals surface area contributed by atoms with Gasteiger partial charge in [0.25, 0.3) is 17.2 Å². The van der Waals surface area contributed by atoms with Gasteiger partial charge in [0, 0.05) is 31.9 Å². The Morgan fingerprint density at radius 1 is 1.27 bits per heavy atom. The van der Waals surface area contributed by atoms with Crippen molar-refractivity contribution in [3.8, 4) is 5.88 Å². The maximum absolute atomic E-state index is 12.8. The van der Waals surface area contributed by atoms with Gasteiger partial charge in [0.1, 0.15) is 17.3 Å². The molecule has 4 rings (SSSR count). The zero-order chi connectivity index (χ0) is 23.5. The van der Waals surface area contributed by atoms with Crippen LogP contribution in [0, 0.1) is 10.1 Å². The molecule has 0 fully saturated rings. The minimum atomic E-state index is -0.479. The molecule has 33 heavy (non-hydrogen) atoms. The Labute approximate surface area is 186 Å². The Balaban J connectivity index is 1.45. The summed E-state index contributed by atoms with van der Waals surface area (Å²) in [6.45, 7) is 0.770. The summed E-state index contributed by atoms with van der Waals surface area (Å²) in [6.07, 6.45) is 4.40. The van der Waals surface area contributed by atoms with Gasteiger partial charge in [-0.2, -0.15) is 5.10 Å². The van der Waals surface area contributed by atoms with Crippen molar-refractivity contribution in [1.29, 1.82) is 0 Å². The van der Waals surface area contributed by atoms with Crippen LogP contribution in [0.3, 0.4) is 0 Å². The smallest absolute Gasteiger partial charge is 0.269 e. The van der Waals surface area contributed by atoms with E-state index in [1.54, 1.807) is 25.4 Å². The van der Waals surface area contributed by atoms with Crippen molar-refractivity contribution >= 4 is 22.6 Å². The normalized spacial score (nSPS) is 11.0. The number of amides is 1. The monoisotopic (exact) mass is 452 g/mol. The van der Waals surface area contributed by atoms with Gasteiger partial charge < -0.3 is 10.1 Å². The van der Waals surface area contributed by atoms with E-state index in [9.17, 15) is 19.7 Å². The average molecular weight is 452 g/mol. The number of nitro benzene ring substituents is 1. The number of aryl methyl sites for hydroxylation is 1. The molecule has 0 spiro atoms. The number of nitrogens with zero attached hydrogens (tertiary/aromatic N) is 7. The third-order valence-corrected chi connectivity index (χ3v) is 4.96. The number of aromatic nitrogens is 6. The Morgan fingerprint density at radius 3 is 2.73 bits per heavy atom. The number of rotatable bonds is 8. The number of methoxy groups -OCH3 is 1. The number of nitro groups is 1. The van der Waals surface area contributed by atoms with Crippen molar-refractivity contribution in [2.24, 2.45) is 7.05 Å². The second-order valence-corrected chi connectivity index (χ2v) is 7.19. The molecule has 13 nitrogen and oxygen atoms in total. The summed E-state index contributed by atoms with van der Waals surface area (Å²) < 4.78 is 9.52. The van der Waals surface area contributed by atoms with Crippen molar-refractivity contribution < 1.29 is 14.5 Å². The van der Waals surface area contributed by atoms with Gasteiger partial charge in [-0.25, -0.2) is 9.67 Å². The number of benzene rings is 1. The maximum atomic E-state index is 12.8. The first-order valence-corrected chi connectivity index (χ1v) is 9.87. The molecular formula is C20H20N8O5. The first kappa shape index (κ1) is 21.7. The Bertz CT molecular complexity index is 1390. The molecule has 13 heteroatoms. The lowest BCUT2D eigenvalue weighted by Crippen LogP contribution is -2.28. The van der Waals surface area contributed by atoms with Gasteiger partial charge in [0.2, 0.25) is 5.88 Å². The highest BCUT2D eigenvalue weighted by Gasteiger charge is 2.16. The minimum Gasteiger partial charge on any atom is -0.479 e. The van der Waals surface area contributed by atoms with Crippen molar-refractivity contribution in [2.45, 2.75) is 13.1 Å². The van der Waals surface area contributed by atoms with Gasteiger partial charge in [0.15, 0.2) is 5.65 Å². The molecule has 0 aliphatic heterocycles. The number of carbonyl (C=O) groups excluding carboxylic acids is 1. The Hall–Kier alpha value is -4.55. The van der Waals surface area contributed by atoms with Gasteiger partial charge in [-0.1, -0.05) is 12.1 Å². The molecule has 0 unspecified atom stereocenters. The average Bonchev–Trinajstić information content (AvgIpc) is 3.39. The maximum Gasteiger partial charge on any atom is 0.269 e. The molecule has 0 saturated carbocycles. The second kappa shape index (κ2) is 8.90. The van der Waals surface area contributed by atoms with Crippen molar-refractivity contribution in [2.75, 3.05) is 13.7 Å². The van der Waals surface area contributed by atoms with Crippen molar-refractivity contribution in [3.05, 3.63) is 74.6 Å². The van der Waals surface area contributed by atoms with E-state index in [1.165, 1.54) is 45.7 Å². The molecule has 1 amide bonds. The van der Waals surface area contributed by atoms with Gasteiger partial charge in [-0.05, 0) is 5.56 Å². The molecule has 3 heterocycles. The summed E-state index contributed by atoms with van der Waals surface area (Å²) in [6, 6.07) is 5.97. The van der Waals surface area contributed by atoms with Gasteiger partial charge in [0.05, 0.1) is 31.3 Å². The van der Waals surface area contributed by atoms with Gasteiger partial charge >= 0.3 is 0 Å². The largest absolute Gasteiger partial charge is 0.479 e. The number of non-ortho nitro benzene ring substituents is 1. The highest BCUT2D eigenvalue weighted by atomic mass is 16.6. The molecule has 0 bridgehead atoms. The number of fused-ring (bicyclic) bond motifs is 1. The topological polar surface area (TPSA) is 152 Å². The van der Waals surface area contributed by atoms with E-state index in [0.29, 0.717) is 23.1 Å². The highest BCUT2D eigenvalue weighted by Crippen LogP contribution is 2.15. The van der Waals surface area contributed by atoms with Crippen LogP contribution < -0.4 is 15.6 Å². The number of hydrogen-bond acceptors (Lipinski definition) is 8. The molecule has 3 aromatic heterocycles. The summed E-state index contributed by atoms with van der Waals surface area (Å²) in [7, 11) is 3.13. The molecule has 0 aliphatic rings. The number of ether oxygens (including phenoxy) is 1. The molecule has 0 saturated heterocycles. The van der Waals surface area contributed by atoms with E-state index in [0.717, 1.165) is 5.56 Å². The first-order valence-electron chi connectivity index (χ1n) is 9.87. The number of carbonyl (C=O) groups is 1. The fourth-order valence-electron chi connectivity index (χ4n) is 3.34. The van der Waals surface area contributed by atoms with E-state index >= 15 is 0 Å². The minimum absolute atomic E-state index is 0.0185. The Morgan fingerprint density at radius 2 is 2.03 bits per heavy atom. The summed E-state index contributed by atoms with van der Waals surface area (Å²) in [4.78, 5) is 39.9. The van der Waals surface area contributed by atoms with Crippen LogP contribution >= 0.6 is 0 Å². The van der Waals surface area contributed by atoms with Gasteiger partial charge in [-0.3, -0.25) is 29.0 Å². The first-order chi connectivity index (χ1) is 15.9. The van der Waals surface area contributed by atoms with Crippen LogP contribution in [0.4, 0.5) is 5.69 Å². The number of nitrogens with one attached hydrogen (secondary N) is 1. The van der Waals surface area contributed by atoms with E-state index in [4.69, 9.17) is 4.74 Å². The molecular weight excluding hydrogens is 432 g/mol. The summed E-state index contributed by atoms with van der Waals surface area (Å²) >= 11 is 0. The van der Waals surface area contributed by atoms with E-state index < -0.39 is 4.92 Å². The van der Waals surface area contributed by atoms with E-state index in [-0.39, 0.29) is 36.1 Å². The fourth-order valence-corrected chi connectivity index (χ4v) is 3.34. The SMILES string of the molecule is COc1nn(C)cc1C(=O)NCCn1ncc2c(=O)n(Cc3ccc([N+](=O)[O-])cc3)cnc21. The molecule has 0 aliphatic carbocycles. The number of hydrogen-bond donors (Lipinski definition) is 1. The van der Waals surface area contributed by atoms with Crippen LogP contribution in [0.1, 0.15) is 15.9 Å². The predicted octanol–water partition coefficient (Wildman–Crippen LogP) is 0.722. The molecule has 170 valence electrons. The van der Waals surface area contributed by atoms with Crippen LogP contribution in [0.25, 0.3) is 11.0 Å².